The third kappa shape index (κ3) is 2.57. The number of aromatic carboxylic acids is 1. The van der Waals surface area contributed by atoms with Crippen molar-refractivity contribution in [3.8, 4) is 0 Å². The zero-order valence-corrected chi connectivity index (χ0v) is 12.5. The van der Waals surface area contributed by atoms with Crippen molar-refractivity contribution < 1.29 is 19.1 Å². The summed E-state index contributed by atoms with van der Waals surface area (Å²) in [4.78, 5) is 25.1. The lowest BCUT2D eigenvalue weighted by Gasteiger charge is -2.15. The molecule has 5 heteroatoms. The van der Waals surface area contributed by atoms with Gasteiger partial charge in [-0.25, -0.2) is 4.79 Å². The molecule has 21 heavy (non-hydrogen) atoms. The first kappa shape index (κ1) is 14.2. The number of aryl methyl sites for hydroxylation is 1. The number of carbonyl (C=O) groups is 2. The number of carboxylic acids is 1. The summed E-state index contributed by atoms with van der Waals surface area (Å²) in [5.41, 5.74) is 0.172. The predicted molar refractivity (Wildman–Crippen MR) is 75.8 cm³/mol. The number of hydrogen-bond acceptors (Lipinski definition) is 3. The van der Waals surface area contributed by atoms with Crippen LogP contribution in [0.4, 0.5) is 0 Å². The van der Waals surface area contributed by atoms with Gasteiger partial charge in [-0.2, -0.15) is 0 Å². The van der Waals surface area contributed by atoms with E-state index in [1.807, 2.05) is 0 Å². The predicted octanol–water partition coefficient (Wildman–Crippen LogP) is 2.68. The molecule has 3 atom stereocenters. The van der Waals surface area contributed by atoms with Crippen molar-refractivity contribution in [2.75, 3.05) is 7.05 Å². The van der Waals surface area contributed by atoms with Crippen LogP contribution in [0.2, 0.25) is 0 Å². The highest BCUT2D eigenvalue weighted by molar-refractivity contribution is 5.88. The highest BCUT2D eigenvalue weighted by atomic mass is 16.4. The molecule has 1 heterocycles. The molecule has 2 aliphatic rings. The lowest BCUT2D eigenvalue weighted by atomic mass is 10.0. The van der Waals surface area contributed by atoms with Crippen molar-refractivity contribution in [3.05, 3.63) is 23.2 Å². The highest BCUT2D eigenvalue weighted by Gasteiger charge is 2.55. The third-order valence-corrected chi connectivity index (χ3v) is 4.91. The van der Waals surface area contributed by atoms with E-state index in [1.165, 1.54) is 31.7 Å². The molecule has 1 aromatic rings. The Bertz CT molecular complexity index is 565. The molecule has 5 nitrogen and oxygen atoms in total. The molecule has 0 aromatic carbocycles. The van der Waals surface area contributed by atoms with Crippen LogP contribution in [0.3, 0.4) is 0 Å². The van der Waals surface area contributed by atoms with Crippen LogP contribution in [0.15, 0.2) is 10.5 Å². The Hall–Kier alpha value is -1.78. The van der Waals surface area contributed by atoms with Crippen LogP contribution in [0, 0.1) is 24.7 Å². The van der Waals surface area contributed by atoms with E-state index in [0.29, 0.717) is 29.9 Å². The topological polar surface area (TPSA) is 70.8 Å². The molecule has 1 amide bonds. The van der Waals surface area contributed by atoms with Gasteiger partial charge in [-0.1, -0.05) is 12.8 Å². The average Bonchev–Trinajstić information content (AvgIpc) is 3.06. The van der Waals surface area contributed by atoms with Crippen LogP contribution in [0.25, 0.3) is 0 Å². The smallest absolute Gasteiger partial charge is 0.339 e. The number of furan rings is 1. The van der Waals surface area contributed by atoms with Gasteiger partial charge in [-0.15, -0.1) is 0 Å². The summed E-state index contributed by atoms with van der Waals surface area (Å²) in [6.07, 6.45) is 4.85. The maximum atomic E-state index is 12.5. The average molecular weight is 291 g/mol. The van der Waals surface area contributed by atoms with E-state index in [4.69, 9.17) is 9.52 Å². The van der Waals surface area contributed by atoms with Crippen molar-refractivity contribution in [1.82, 2.24) is 4.90 Å². The van der Waals surface area contributed by atoms with Gasteiger partial charge in [0.05, 0.1) is 6.54 Å². The Balaban J connectivity index is 1.63. The molecule has 0 bridgehead atoms. The molecule has 1 unspecified atom stereocenters. The van der Waals surface area contributed by atoms with E-state index in [2.05, 4.69) is 0 Å². The van der Waals surface area contributed by atoms with Gasteiger partial charge in [0.2, 0.25) is 5.91 Å². The van der Waals surface area contributed by atoms with E-state index < -0.39 is 5.97 Å². The molecule has 2 fully saturated rings. The second kappa shape index (κ2) is 5.20. The lowest BCUT2D eigenvalue weighted by Crippen LogP contribution is -2.28. The van der Waals surface area contributed by atoms with E-state index in [0.717, 1.165) is 0 Å². The Morgan fingerprint density at radius 3 is 2.48 bits per heavy atom. The van der Waals surface area contributed by atoms with Crippen LogP contribution < -0.4 is 0 Å². The molecule has 114 valence electrons. The van der Waals surface area contributed by atoms with Gasteiger partial charge in [-0.05, 0) is 37.7 Å². The normalized spacial score (nSPS) is 27.0. The Kier molecular flexibility index (Phi) is 3.51. The molecular formula is C16H21NO4. The van der Waals surface area contributed by atoms with Gasteiger partial charge in [-0.3, -0.25) is 4.79 Å². The molecule has 0 saturated heterocycles. The third-order valence-electron chi connectivity index (χ3n) is 4.91. The number of amides is 1. The van der Waals surface area contributed by atoms with E-state index in [9.17, 15) is 9.59 Å². The Morgan fingerprint density at radius 2 is 1.95 bits per heavy atom. The van der Waals surface area contributed by atoms with Gasteiger partial charge in [0.15, 0.2) is 0 Å². The highest BCUT2D eigenvalue weighted by Crippen LogP contribution is 2.56. The number of hydrogen-bond donors (Lipinski definition) is 1. The number of fused-ring (bicyclic) bond motifs is 1. The number of nitrogens with zero attached hydrogens (tertiary/aromatic N) is 1. The largest absolute Gasteiger partial charge is 0.478 e. The summed E-state index contributed by atoms with van der Waals surface area (Å²) >= 11 is 0. The molecule has 1 aromatic heterocycles. The minimum Gasteiger partial charge on any atom is -0.478 e. The summed E-state index contributed by atoms with van der Waals surface area (Å²) < 4.78 is 5.44. The number of rotatable bonds is 4. The maximum absolute atomic E-state index is 12.5. The Labute approximate surface area is 123 Å². The second-order valence-electron chi connectivity index (χ2n) is 6.32. The zero-order valence-electron chi connectivity index (χ0n) is 12.5. The van der Waals surface area contributed by atoms with Crippen molar-refractivity contribution in [1.29, 1.82) is 0 Å². The van der Waals surface area contributed by atoms with Gasteiger partial charge in [0, 0.05) is 13.0 Å². The van der Waals surface area contributed by atoms with E-state index >= 15 is 0 Å². The molecule has 3 rings (SSSR count). The van der Waals surface area contributed by atoms with Crippen LogP contribution >= 0.6 is 0 Å². The summed E-state index contributed by atoms with van der Waals surface area (Å²) in [5, 5.41) is 9.02. The SMILES string of the molecule is Cc1oc(CN(C)C(=O)C2[C@H]3CCCC[C@@H]23)cc1C(=O)O. The summed E-state index contributed by atoms with van der Waals surface area (Å²) in [7, 11) is 1.77. The fraction of sp³-hybridized carbons (Fsp3) is 0.625. The molecule has 1 N–H and O–H groups in total. The quantitative estimate of drug-likeness (QED) is 0.926. The van der Waals surface area contributed by atoms with E-state index in [1.54, 1.807) is 18.9 Å². The van der Waals surface area contributed by atoms with Crippen LogP contribution in [-0.4, -0.2) is 28.9 Å². The fourth-order valence-corrected chi connectivity index (χ4v) is 3.76. The summed E-state index contributed by atoms with van der Waals surface area (Å²) in [6, 6.07) is 1.52. The van der Waals surface area contributed by atoms with Crippen LogP contribution in [0.1, 0.15) is 47.6 Å². The molecule has 2 saturated carbocycles. The first-order valence-electron chi connectivity index (χ1n) is 7.56. The molecular weight excluding hydrogens is 270 g/mol. The van der Waals surface area contributed by atoms with Gasteiger partial charge < -0.3 is 14.4 Å². The van der Waals surface area contributed by atoms with Crippen molar-refractivity contribution >= 4 is 11.9 Å². The first-order valence-corrected chi connectivity index (χ1v) is 7.56. The van der Waals surface area contributed by atoms with Crippen molar-refractivity contribution in [2.24, 2.45) is 17.8 Å². The molecule has 0 aliphatic heterocycles. The molecule has 2 aliphatic carbocycles. The Morgan fingerprint density at radius 1 is 1.33 bits per heavy atom. The summed E-state index contributed by atoms with van der Waals surface area (Å²) in [6.45, 7) is 1.97. The van der Waals surface area contributed by atoms with Gasteiger partial charge in [0.25, 0.3) is 0 Å². The van der Waals surface area contributed by atoms with Crippen LogP contribution in [0.5, 0.6) is 0 Å². The zero-order chi connectivity index (χ0) is 15.1. The number of carbonyl (C=O) groups excluding carboxylic acids is 1. The molecule has 0 radical (unpaired) electrons. The maximum Gasteiger partial charge on any atom is 0.339 e. The minimum atomic E-state index is -0.996. The lowest BCUT2D eigenvalue weighted by molar-refractivity contribution is -0.132. The second-order valence-corrected chi connectivity index (χ2v) is 6.32. The van der Waals surface area contributed by atoms with Crippen molar-refractivity contribution in [3.63, 3.8) is 0 Å². The van der Waals surface area contributed by atoms with Gasteiger partial charge in [0.1, 0.15) is 17.1 Å². The minimum absolute atomic E-state index is 0.172. The summed E-state index contributed by atoms with van der Waals surface area (Å²) in [5.74, 6) is 1.46. The first-order chi connectivity index (χ1) is 9.99. The molecule has 0 spiro atoms. The number of carboxylic acid groups (broad SMARTS) is 1. The van der Waals surface area contributed by atoms with Crippen molar-refractivity contribution in [2.45, 2.75) is 39.2 Å². The van der Waals surface area contributed by atoms with E-state index in [-0.39, 0.29) is 17.4 Å². The standard InChI is InChI=1S/C16H21NO4/c1-9-13(16(19)20)7-10(21-9)8-17(2)15(18)14-11-5-3-4-6-12(11)14/h7,11-12,14H,3-6,8H2,1-2H3,(H,19,20)/t11-,12+,14?. The fourth-order valence-electron chi connectivity index (χ4n) is 3.76. The van der Waals surface area contributed by atoms with Gasteiger partial charge >= 0.3 is 5.97 Å². The van der Waals surface area contributed by atoms with Crippen LogP contribution in [-0.2, 0) is 11.3 Å². The monoisotopic (exact) mass is 291 g/mol.